The minimum Gasteiger partial charge on any atom is -0.381 e. The summed E-state index contributed by atoms with van der Waals surface area (Å²) in [6, 6.07) is 0. The summed E-state index contributed by atoms with van der Waals surface area (Å²) in [5.74, 6) is 1.68. The Kier molecular flexibility index (Phi) is 13.4. The summed E-state index contributed by atoms with van der Waals surface area (Å²) in [7, 11) is 0. The van der Waals surface area contributed by atoms with E-state index >= 15 is 0 Å². The second kappa shape index (κ2) is 13.4. The number of unbranched alkanes of at least 4 members (excludes halogenated alkanes) is 2. The van der Waals surface area contributed by atoms with Crippen molar-refractivity contribution in [2.45, 2.75) is 85.5 Å². The van der Waals surface area contributed by atoms with Crippen LogP contribution in [0.2, 0.25) is 0 Å². The molecule has 2 atom stereocenters. The molecule has 0 aliphatic carbocycles. The normalized spacial score (nSPS) is 14.7. The molecule has 0 saturated heterocycles. The van der Waals surface area contributed by atoms with Crippen LogP contribution in [0.15, 0.2) is 0 Å². The van der Waals surface area contributed by atoms with Crippen LogP contribution in [0.4, 0.5) is 0 Å². The van der Waals surface area contributed by atoms with Gasteiger partial charge in [-0.05, 0) is 24.7 Å². The molecule has 0 spiro atoms. The standard InChI is InChI=1S/C17H36O/c1-5-9-11-16(7-3)13-14-18-15-17(8-4)12-10-6-2/h16-17H,5-15H2,1-4H3. The molecule has 1 nitrogen and oxygen atoms in total. The van der Waals surface area contributed by atoms with Crippen molar-refractivity contribution in [1.29, 1.82) is 0 Å². The average molecular weight is 256 g/mol. The highest BCUT2D eigenvalue weighted by atomic mass is 16.5. The maximum Gasteiger partial charge on any atom is 0.0494 e. The molecule has 0 aromatic rings. The van der Waals surface area contributed by atoms with E-state index in [0.717, 1.165) is 25.0 Å². The van der Waals surface area contributed by atoms with Crippen molar-refractivity contribution in [1.82, 2.24) is 0 Å². The smallest absolute Gasteiger partial charge is 0.0494 e. The van der Waals surface area contributed by atoms with Gasteiger partial charge in [0.2, 0.25) is 0 Å². The monoisotopic (exact) mass is 256 g/mol. The Hall–Kier alpha value is -0.0400. The van der Waals surface area contributed by atoms with Crippen LogP contribution in [-0.2, 0) is 4.74 Å². The number of hydrogen-bond acceptors (Lipinski definition) is 1. The van der Waals surface area contributed by atoms with E-state index in [0.29, 0.717) is 0 Å². The Morgan fingerprint density at radius 1 is 0.722 bits per heavy atom. The van der Waals surface area contributed by atoms with Gasteiger partial charge in [-0.1, -0.05) is 72.6 Å². The minimum atomic E-state index is 0.792. The lowest BCUT2D eigenvalue weighted by atomic mass is 9.96. The van der Waals surface area contributed by atoms with E-state index < -0.39 is 0 Å². The predicted molar refractivity (Wildman–Crippen MR) is 82.0 cm³/mol. The Bertz CT molecular complexity index is 138. The Morgan fingerprint density at radius 3 is 1.78 bits per heavy atom. The van der Waals surface area contributed by atoms with Crippen molar-refractivity contribution in [2.75, 3.05) is 13.2 Å². The molecule has 0 heterocycles. The van der Waals surface area contributed by atoms with Crippen molar-refractivity contribution < 1.29 is 4.74 Å². The van der Waals surface area contributed by atoms with Crippen LogP contribution < -0.4 is 0 Å². The van der Waals surface area contributed by atoms with E-state index in [1.807, 2.05) is 0 Å². The summed E-state index contributed by atoms with van der Waals surface area (Å²) in [4.78, 5) is 0. The predicted octanol–water partition coefficient (Wildman–Crippen LogP) is 5.83. The van der Waals surface area contributed by atoms with Gasteiger partial charge >= 0.3 is 0 Å². The lowest BCUT2D eigenvalue weighted by molar-refractivity contribution is 0.0821. The summed E-state index contributed by atoms with van der Waals surface area (Å²) in [5.41, 5.74) is 0. The fraction of sp³-hybridized carbons (Fsp3) is 1.00. The molecule has 0 aliphatic heterocycles. The zero-order valence-corrected chi connectivity index (χ0v) is 13.3. The number of rotatable bonds is 13. The van der Waals surface area contributed by atoms with Crippen molar-refractivity contribution in [3.05, 3.63) is 0 Å². The molecule has 0 aliphatic rings. The molecule has 0 aromatic carbocycles. The van der Waals surface area contributed by atoms with Crippen LogP contribution in [0.5, 0.6) is 0 Å². The topological polar surface area (TPSA) is 9.23 Å². The van der Waals surface area contributed by atoms with Gasteiger partial charge in [0.25, 0.3) is 0 Å². The van der Waals surface area contributed by atoms with Gasteiger partial charge in [-0.2, -0.15) is 0 Å². The SMILES string of the molecule is CCCCC(CC)CCOCC(CC)CCCC. The van der Waals surface area contributed by atoms with Gasteiger partial charge in [0.05, 0.1) is 0 Å². The van der Waals surface area contributed by atoms with Crippen LogP contribution in [0.25, 0.3) is 0 Å². The zero-order valence-electron chi connectivity index (χ0n) is 13.3. The number of hydrogen-bond donors (Lipinski definition) is 0. The fourth-order valence-electron chi connectivity index (χ4n) is 2.44. The minimum absolute atomic E-state index is 0.792. The lowest BCUT2D eigenvalue weighted by Gasteiger charge is -2.17. The lowest BCUT2D eigenvalue weighted by Crippen LogP contribution is -2.11. The van der Waals surface area contributed by atoms with Gasteiger partial charge < -0.3 is 4.74 Å². The first-order valence-electron chi connectivity index (χ1n) is 8.36. The van der Waals surface area contributed by atoms with Crippen molar-refractivity contribution >= 4 is 0 Å². The molecule has 2 unspecified atom stereocenters. The molecule has 18 heavy (non-hydrogen) atoms. The van der Waals surface area contributed by atoms with E-state index in [-0.39, 0.29) is 0 Å². The van der Waals surface area contributed by atoms with Crippen molar-refractivity contribution in [3.8, 4) is 0 Å². The van der Waals surface area contributed by atoms with E-state index in [9.17, 15) is 0 Å². The first-order chi connectivity index (χ1) is 8.78. The largest absolute Gasteiger partial charge is 0.381 e. The summed E-state index contributed by atoms with van der Waals surface area (Å²) < 4.78 is 5.90. The molecule has 0 rings (SSSR count). The van der Waals surface area contributed by atoms with Crippen LogP contribution in [0, 0.1) is 11.8 Å². The highest BCUT2D eigenvalue weighted by Gasteiger charge is 2.08. The van der Waals surface area contributed by atoms with Gasteiger partial charge in [-0.25, -0.2) is 0 Å². The highest BCUT2D eigenvalue weighted by molar-refractivity contribution is 4.59. The summed E-state index contributed by atoms with van der Waals surface area (Å²) in [6.45, 7) is 11.1. The molecule has 0 radical (unpaired) electrons. The van der Waals surface area contributed by atoms with Gasteiger partial charge in [-0.3, -0.25) is 0 Å². The fourth-order valence-corrected chi connectivity index (χ4v) is 2.44. The van der Waals surface area contributed by atoms with Crippen LogP contribution in [0.3, 0.4) is 0 Å². The summed E-state index contributed by atoms with van der Waals surface area (Å²) >= 11 is 0. The first-order valence-corrected chi connectivity index (χ1v) is 8.36. The maximum absolute atomic E-state index is 5.90. The van der Waals surface area contributed by atoms with E-state index in [1.54, 1.807) is 0 Å². The van der Waals surface area contributed by atoms with Gasteiger partial charge in [0.15, 0.2) is 0 Å². The second-order valence-corrected chi connectivity index (χ2v) is 5.70. The second-order valence-electron chi connectivity index (χ2n) is 5.70. The molecule has 0 fully saturated rings. The van der Waals surface area contributed by atoms with E-state index in [4.69, 9.17) is 4.74 Å². The third-order valence-electron chi connectivity index (χ3n) is 4.11. The van der Waals surface area contributed by atoms with Crippen LogP contribution >= 0.6 is 0 Å². The molecular formula is C17H36O. The third-order valence-corrected chi connectivity index (χ3v) is 4.11. The molecule has 110 valence electrons. The molecule has 0 bridgehead atoms. The maximum atomic E-state index is 5.90. The summed E-state index contributed by atoms with van der Waals surface area (Å²) in [6.07, 6.45) is 12.0. The molecule has 1 heteroatoms. The average Bonchev–Trinajstić information content (AvgIpc) is 2.41. The van der Waals surface area contributed by atoms with Crippen molar-refractivity contribution in [3.63, 3.8) is 0 Å². The van der Waals surface area contributed by atoms with Gasteiger partial charge in [-0.15, -0.1) is 0 Å². The van der Waals surface area contributed by atoms with Crippen LogP contribution in [-0.4, -0.2) is 13.2 Å². The van der Waals surface area contributed by atoms with Gasteiger partial charge in [0, 0.05) is 13.2 Å². The zero-order chi connectivity index (χ0) is 13.6. The van der Waals surface area contributed by atoms with Crippen molar-refractivity contribution in [2.24, 2.45) is 11.8 Å². The molecule has 0 saturated carbocycles. The Morgan fingerprint density at radius 2 is 1.28 bits per heavy atom. The molecule has 0 amide bonds. The Balaban J connectivity index is 3.55. The molecular weight excluding hydrogens is 220 g/mol. The third kappa shape index (κ3) is 9.94. The quantitative estimate of drug-likeness (QED) is 0.377. The molecule has 0 aromatic heterocycles. The van der Waals surface area contributed by atoms with E-state index in [2.05, 4.69) is 27.7 Å². The first kappa shape index (κ1) is 18.0. The van der Waals surface area contributed by atoms with Crippen LogP contribution in [0.1, 0.15) is 85.5 Å². The highest BCUT2D eigenvalue weighted by Crippen LogP contribution is 2.17. The van der Waals surface area contributed by atoms with E-state index in [1.165, 1.54) is 57.8 Å². The van der Waals surface area contributed by atoms with Gasteiger partial charge in [0.1, 0.15) is 0 Å². The molecule has 0 N–H and O–H groups in total. The Labute approximate surface area is 116 Å². The number of ether oxygens (including phenoxy) is 1. The summed E-state index contributed by atoms with van der Waals surface area (Å²) in [5, 5.41) is 0.